The van der Waals surface area contributed by atoms with Crippen LogP contribution in [0.25, 0.3) is 0 Å². The summed E-state index contributed by atoms with van der Waals surface area (Å²) in [5.74, 6) is 0. The summed E-state index contributed by atoms with van der Waals surface area (Å²) >= 11 is 1.50. The van der Waals surface area contributed by atoms with Gasteiger partial charge in [-0.05, 0) is 0 Å². The van der Waals surface area contributed by atoms with E-state index in [0.717, 1.165) is 6.42 Å². The molecule has 0 unspecified atom stereocenters. The molecule has 0 aliphatic rings. The molecule has 0 nitrogen and oxygen atoms in total. The summed E-state index contributed by atoms with van der Waals surface area (Å²) in [6.45, 7) is 0. The third-order valence-electron chi connectivity index (χ3n) is 2.25. The van der Waals surface area contributed by atoms with Crippen LogP contribution in [0.1, 0.15) is 11.1 Å². The SMILES string of the molecule is [Sn][c]1ccccc1Cc1ccccc1. The molecule has 67 valence electrons. The molecular weight excluding hydrogens is 275 g/mol. The molecule has 1 heteroatoms. The Bertz CT molecular complexity index is 407. The summed E-state index contributed by atoms with van der Waals surface area (Å²) in [6.07, 6.45) is 1.06. The summed E-state index contributed by atoms with van der Waals surface area (Å²) in [6, 6.07) is 19.3. The predicted molar refractivity (Wildman–Crippen MR) is 61.1 cm³/mol. The van der Waals surface area contributed by atoms with Crippen LogP contribution >= 0.6 is 0 Å². The van der Waals surface area contributed by atoms with E-state index in [0.29, 0.717) is 0 Å². The van der Waals surface area contributed by atoms with Crippen molar-refractivity contribution in [1.29, 1.82) is 0 Å². The summed E-state index contributed by atoms with van der Waals surface area (Å²) < 4.78 is 1.46. The zero-order chi connectivity index (χ0) is 9.80. The molecule has 14 heavy (non-hydrogen) atoms. The van der Waals surface area contributed by atoms with Crippen molar-refractivity contribution in [3.8, 4) is 0 Å². The molecule has 0 N–H and O–H groups in total. The maximum atomic E-state index is 2.22. The Hall–Kier alpha value is -0.761. The molecule has 0 aliphatic heterocycles. The van der Waals surface area contributed by atoms with Crippen molar-refractivity contribution in [3.05, 3.63) is 65.7 Å². The van der Waals surface area contributed by atoms with Gasteiger partial charge in [0.25, 0.3) is 0 Å². The van der Waals surface area contributed by atoms with Gasteiger partial charge in [0.15, 0.2) is 0 Å². The average molecular weight is 286 g/mol. The van der Waals surface area contributed by atoms with Crippen molar-refractivity contribution < 1.29 is 0 Å². The molecule has 0 atom stereocenters. The van der Waals surface area contributed by atoms with Crippen molar-refractivity contribution in [2.24, 2.45) is 0 Å². The fourth-order valence-electron chi connectivity index (χ4n) is 1.49. The average Bonchev–Trinajstić information content (AvgIpc) is 2.23. The van der Waals surface area contributed by atoms with E-state index in [9.17, 15) is 0 Å². The maximum absolute atomic E-state index is 2.22. The summed E-state index contributed by atoms with van der Waals surface area (Å²) in [4.78, 5) is 0. The van der Waals surface area contributed by atoms with Gasteiger partial charge in [0, 0.05) is 0 Å². The zero-order valence-electron chi connectivity index (χ0n) is 7.90. The normalized spacial score (nSPS) is 10.1. The van der Waals surface area contributed by atoms with Crippen molar-refractivity contribution in [1.82, 2.24) is 0 Å². The van der Waals surface area contributed by atoms with E-state index >= 15 is 0 Å². The quantitative estimate of drug-likeness (QED) is 0.741. The van der Waals surface area contributed by atoms with Crippen LogP contribution in [0.5, 0.6) is 0 Å². The van der Waals surface area contributed by atoms with Gasteiger partial charge in [0.2, 0.25) is 0 Å². The number of hydrogen-bond donors (Lipinski definition) is 0. The Balaban J connectivity index is 2.24. The van der Waals surface area contributed by atoms with Crippen LogP contribution in [0.4, 0.5) is 0 Å². The van der Waals surface area contributed by atoms with Crippen molar-refractivity contribution in [2.45, 2.75) is 6.42 Å². The molecule has 0 saturated carbocycles. The molecule has 2 aromatic rings. The van der Waals surface area contributed by atoms with E-state index < -0.39 is 0 Å². The fourth-order valence-corrected chi connectivity index (χ4v) is 2.25. The van der Waals surface area contributed by atoms with Gasteiger partial charge in [-0.3, -0.25) is 0 Å². The first-order valence-corrected chi connectivity index (χ1v) is 6.12. The van der Waals surface area contributed by atoms with Gasteiger partial charge < -0.3 is 0 Å². The van der Waals surface area contributed by atoms with Crippen LogP contribution in [-0.4, -0.2) is 22.5 Å². The number of hydrogen-bond acceptors (Lipinski definition) is 0. The van der Waals surface area contributed by atoms with E-state index in [-0.39, 0.29) is 0 Å². The van der Waals surface area contributed by atoms with Crippen LogP contribution in [0.15, 0.2) is 54.6 Å². The van der Waals surface area contributed by atoms with Gasteiger partial charge >= 0.3 is 98.2 Å². The van der Waals surface area contributed by atoms with Gasteiger partial charge in [0.1, 0.15) is 0 Å². The molecule has 0 amide bonds. The van der Waals surface area contributed by atoms with Crippen LogP contribution in [0.3, 0.4) is 0 Å². The molecule has 0 aliphatic carbocycles. The summed E-state index contributed by atoms with van der Waals surface area (Å²) in [7, 11) is 0. The van der Waals surface area contributed by atoms with Gasteiger partial charge in [-0.25, -0.2) is 0 Å². The summed E-state index contributed by atoms with van der Waals surface area (Å²) in [5.41, 5.74) is 2.85. The topological polar surface area (TPSA) is 0 Å². The summed E-state index contributed by atoms with van der Waals surface area (Å²) in [5, 5.41) is 0. The second-order valence-electron chi connectivity index (χ2n) is 3.32. The predicted octanol–water partition coefficient (Wildman–Crippen LogP) is 2.07. The number of rotatable bonds is 2. The van der Waals surface area contributed by atoms with E-state index in [4.69, 9.17) is 0 Å². The molecule has 2 aromatic carbocycles. The van der Waals surface area contributed by atoms with Crippen LogP contribution in [0, 0.1) is 0 Å². The Morgan fingerprint density at radius 3 is 2.14 bits per heavy atom. The Labute approximate surface area is 98.1 Å². The Kier molecular flexibility index (Phi) is 3.25. The first-order chi connectivity index (χ1) is 6.86. The van der Waals surface area contributed by atoms with E-state index in [1.54, 1.807) is 0 Å². The van der Waals surface area contributed by atoms with Gasteiger partial charge in [-0.2, -0.15) is 0 Å². The third kappa shape index (κ3) is 2.38. The van der Waals surface area contributed by atoms with Crippen molar-refractivity contribution in [2.75, 3.05) is 0 Å². The van der Waals surface area contributed by atoms with E-state index in [2.05, 4.69) is 54.6 Å². The molecule has 3 radical (unpaired) electrons. The number of benzene rings is 2. The zero-order valence-corrected chi connectivity index (χ0v) is 10.8. The molecule has 0 aromatic heterocycles. The van der Waals surface area contributed by atoms with Gasteiger partial charge in [-0.15, -0.1) is 0 Å². The van der Waals surface area contributed by atoms with Crippen LogP contribution < -0.4 is 3.58 Å². The molecular formula is C13H11Sn. The van der Waals surface area contributed by atoms with Crippen LogP contribution in [-0.2, 0) is 6.42 Å². The van der Waals surface area contributed by atoms with E-state index in [1.807, 2.05) is 0 Å². The van der Waals surface area contributed by atoms with Crippen LogP contribution in [0.2, 0.25) is 0 Å². The standard InChI is InChI=1S/C13H11.Sn/c1-3-7-12(8-4-1)11-13-9-5-2-6-10-13;/h1-9H,11H2;. The second kappa shape index (κ2) is 4.65. The first kappa shape index (κ1) is 9.78. The van der Waals surface area contributed by atoms with Gasteiger partial charge in [0.05, 0.1) is 0 Å². The van der Waals surface area contributed by atoms with E-state index in [1.165, 1.54) is 37.2 Å². The monoisotopic (exact) mass is 287 g/mol. The molecule has 0 bridgehead atoms. The molecule has 0 spiro atoms. The Morgan fingerprint density at radius 1 is 0.786 bits per heavy atom. The first-order valence-electron chi connectivity index (χ1n) is 4.70. The second-order valence-corrected chi connectivity index (χ2v) is 4.86. The minimum atomic E-state index is 1.06. The minimum absolute atomic E-state index is 1.06. The molecule has 0 saturated heterocycles. The third-order valence-corrected chi connectivity index (χ3v) is 3.65. The fraction of sp³-hybridized carbons (Fsp3) is 0.0769. The van der Waals surface area contributed by atoms with Crippen molar-refractivity contribution >= 4 is 26.1 Å². The molecule has 2 rings (SSSR count). The Morgan fingerprint density at radius 2 is 1.43 bits per heavy atom. The van der Waals surface area contributed by atoms with Crippen molar-refractivity contribution in [3.63, 3.8) is 0 Å². The van der Waals surface area contributed by atoms with Gasteiger partial charge in [-0.1, -0.05) is 0 Å². The molecule has 0 heterocycles. The molecule has 0 fully saturated rings.